The summed E-state index contributed by atoms with van der Waals surface area (Å²) in [5, 5.41) is 5.90. The van der Waals surface area contributed by atoms with Crippen LogP contribution in [0.25, 0.3) is 16.8 Å². The van der Waals surface area contributed by atoms with Gasteiger partial charge in [-0.2, -0.15) is 5.10 Å². The predicted molar refractivity (Wildman–Crippen MR) is 133 cm³/mol. The molecule has 1 amide bonds. The van der Waals surface area contributed by atoms with Crippen LogP contribution in [-0.2, 0) is 9.59 Å². The molecule has 7 nitrogen and oxygen atoms in total. The van der Waals surface area contributed by atoms with Crippen LogP contribution in [0.2, 0.25) is 0 Å². The number of nitrogens with one attached hydrogen (secondary N) is 1. The molecule has 1 N–H and O–H groups in total. The Bertz CT molecular complexity index is 1360. The number of esters is 1. The van der Waals surface area contributed by atoms with E-state index in [9.17, 15) is 9.59 Å². The summed E-state index contributed by atoms with van der Waals surface area (Å²) in [6.07, 6.45) is 5.66. The lowest BCUT2D eigenvalue weighted by atomic mass is 10.1. The molecule has 0 saturated heterocycles. The van der Waals surface area contributed by atoms with Crippen molar-refractivity contribution in [3.63, 3.8) is 0 Å². The average Bonchev–Trinajstić information content (AvgIpc) is 3.37. The first kappa shape index (κ1) is 23.0. The molecule has 4 rings (SSSR count). The van der Waals surface area contributed by atoms with Crippen LogP contribution in [0, 0.1) is 0 Å². The van der Waals surface area contributed by atoms with E-state index < -0.39 is 11.9 Å². The minimum Gasteiger partial charge on any atom is -0.483 e. The highest BCUT2D eigenvalue weighted by Crippen LogP contribution is 2.25. The van der Waals surface area contributed by atoms with Gasteiger partial charge in [0.05, 0.1) is 12.5 Å². The van der Waals surface area contributed by atoms with Crippen LogP contribution < -0.4 is 14.9 Å². The molecule has 0 saturated carbocycles. The van der Waals surface area contributed by atoms with Gasteiger partial charge in [0.2, 0.25) is 0 Å². The van der Waals surface area contributed by atoms with E-state index in [0.717, 1.165) is 15.2 Å². The Morgan fingerprint density at radius 1 is 1.00 bits per heavy atom. The molecule has 0 aliphatic carbocycles. The number of amides is 1. The fraction of sp³-hybridized carbons (Fsp3) is 0.0385. The number of hydrogen-bond donors (Lipinski definition) is 1. The average molecular weight is 519 g/mol. The summed E-state index contributed by atoms with van der Waals surface area (Å²) in [7, 11) is 0. The predicted octanol–water partition coefficient (Wildman–Crippen LogP) is 5.34. The third-order valence-corrected chi connectivity index (χ3v) is 5.10. The fourth-order valence-corrected chi connectivity index (χ4v) is 3.44. The van der Waals surface area contributed by atoms with E-state index in [4.69, 9.17) is 13.9 Å². The van der Waals surface area contributed by atoms with Gasteiger partial charge >= 0.3 is 5.97 Å². The second-order valence-electron chi connectivity index (χ2n) is 7.01. The van der Waals surface area contributed by atoms with Gasteiger partial charge in [0, 0.05) is 21.5 Å². The molecule has 0 aliphatic heterocycles. The topological polar surface area (TPSA) is 90.1 Å². The Hall–Kier alpha value is -4.17. The summed E-state index contributed by atoms with van der Waals surface area (Å²) in [4.78, 5) is 24.4. The number of rotatable bonds is 8. The lowest BCUT2D eigenvalue weighted by Crippen LogP contribution is -2.24. The van der Waals surface area contributed by atoms with E-state index in [1.165, 1.54) is 24.6 Å². The summed E-state index contributed by atoms with van der Waals surface area (Å²) in [6, 6.07) is 21.9. The molecule has 0 spiro atoms. The fourth-order valence-electron chi connectivity index (χ4n) is 3.06. The van der Waals surface area contributed by atoms with Gasteiger partial charge in [-0.25, -0.2) is 10.2 Å². The van der Waals surface area contributed by atoms with Gasteiger partial charge in [0.25, 0.3) is 5.91 Å². The number of benzene rings is 3. The van der Waals surface area contributed by atoms with Crippen molar-refractivity contribution in [3.8, 4) is 11.5 Å². The molecular weight excluding hydrogens is 500 g/mol. The first-order chi connectivity index (χ1) is 16.6. The molecular formula is C26H19BrN2O5. The van der Waals surface area contributed by atoms with Gasteiger partial charge in [0.1, 0.15) is 17.3 Å². The van der Waals surface area contributed by atoms with Gasteiger partial charge in [0.15, 0.2) is 6.61 Å². The van der Waals surface area contributed by atoms with Crippen molar-refractivity contribution in [2.24, 2.45) is 5.10 Å². The highest BCUT2D eigenvalue weighted by Gasteiger charge is 2.08. The molecule has 0 bridgehead atoms. The van der Waals surface area contributed by atoms with E-state index in [-0.39, 0.29) is 12.4 Å². The van der Waals surface area contributed by atoms with Crippen LogP contribution in [-0.4, -0.2) is 24.7 Å². The maximum atomic E-state index is 12.2. The maximum absolute atomic E-state index is 12.2. The highest BCUT2D eigenvalue weighted by atomic mass is 79.9. The molecule has 0 unspecified atom stereocenters. The lowest BCUT2D eigenvalue weighted by molar-refractivity contribution is -0.129. The summed E-state index contributed by atoms with van der Waals surface area (Å²) in [5.41, 5.74) is 2.91. The number of halogens is 1. The Balaban J connectivity index is 1.36. The van der Waals surface area contributed by atoms with E-state index >= 15 is 0 Å². The number of ether oxygens (including phenoxy) is 2. The molecule has 4 aromatic rings. The zero-order chi connectivity index (χ0) is 23.8. The Kier molecular flexibility index (Phi) is 7.52. The summed E-state index contributed by atoms with van der Waals surface area (Å²) in [6.45, 7) is -0.205. The van der Waals surface area contributed by atoms with Crippen molar-refractivity contribution >= 4 is 50.9 Å². The number of fused-ring (bicyclic) bond motifs is 1. The van der Waals surface area contributed by atoms with Gasteiger partial charge in [-0.05, 0) is 47.9 Å². The second kappa shape index (κ2) is 11.1. The standard InChI is InChI=1S/C26H19BrN2O5/c27-20-10-12-23(34-26(31)13-11-21-7-4-14-32-21)19(15-20)16-28-29-25(30)17-33-24-9-3-6-18-5-1-2-8-22(18)24/h1-16H,17H2,(H,29,30)/b13-11-,28-16+. The van der Waals surface area contributed by atoms with Gasteiger partial charge in [-0.1, -0.05) is 52.3 Å². The molecule has 0 aliphatic rings. The molecule has 1 heterocycles. The van der Waals surface area contributed by atoms with Crippen molar-refractivity contribution in [1.82, 2.24) is 5.43 Å². The molecule has 8 heteroatoms. The van der Waals surface area contributed by atoms with Crippen molar-refractivity contribution in [2.45, 2.75) is 0 Å². The Labute approximate surface area is 203 Å². The quantitative estimate of drug-likeness (QED) is 0.112. The van der Waals surface area contributed by atoms with Crippen LogP contribution in [0.4, 0.5) is 0 Å². The first-order valence-corrected chi connectivity index (χ1v) is 11.0. The third kappa shape index (κ3) is 6.20. The largest absolute Gasteiger partial charge is 0.483 e. The molecule has 0 radical (unpaired) electrons. The number of hydrazone groups is 1. The van der Waals surface area contributed by atoms with E-state index in [1.807, 2.05) is 36.4 Å². The highest BCUT2D eigenvalue weighted by molar-refractivity contribution is 9.10. The minimum atomic E-state index is -0.583. The summed E-state index contributed by atoms with van der Waals surface area (Å²) >= 11 is 3.37. The van der Waals surface area contributed by atoms with Crippen molar-refractivity contribution in [1.29, 1.82) is 0 Å². The molecule has 34 heavy (non-hydrogen) atoms. The number of nitrogens with zero attached hydrogens (tertiary/aromatic N) is 1. The normalized spacial score (nSPS) is 11.2. The van der Waals surface area contributed by atoms with Crippen LogP contribution in [0.5, 0.6) is 11.5 Å². The van der Waals surface area contributed by atoms with Gasteiger partial charge in [-0.15, -0.1) is 0 Å². The number of furan rings is 1. The monoisotopic (exact) mass is 518 g/mol. The van der Waals surface area contributed by atoms with Crippen LogP contribution >= 0.6 is 15.9 Å². The lowest BCUT2D eigenvalue weighted by Gasteiger charge is -2.08. The minimum absolute atomic E-state index is 0.205. The number of carbonyl (C=O) groups is 2. The van der Waals surface area contributed by atoms with Crippen LogP contribution in [0.15, 0.2) is 99.1 Å². The van der Waals surface area contributed by atoms with Crippen molar-refractivity contribution < 1.29 is 23.5 Å². The Morgan fingerprint density at radius 2 is 1.85 bits per heavy atom. The molecule has 1 aromatic heterocycles. The maximum Gasteiger partial charge on any atom is 0.336 e. The number of hydrogen-bond acceptors (Lipinski definition) is 6. The first-order valence-electron chi connectivity index (χ1n) is 10.2. The Morgan fingerprint density at radius 3 is 2.71 bits per heavy atom. The van der Waals surface area contributed by atoms with Crippen LogP contribution in [0.3, 0.4) is 0 Å². The second-order valence-corrected chi connectivity index (χ2v) is 7.93. The zero-order valence-electron chi connectivity index (χ0n) is 17.8. The van der Waals surface area contributed by atoms with E-state index in [0.29, 0.717) is 17.1 Å². The molecule has 3 aromatic carbocycles. The van der Waals surface area contributed by atoms with Crippen molar-refractivity contribution in [2.75, 3.05) is 6.61 Å². The van der Waals surface area contributed by atoms with Crippen molar-refractivity contribution in [3.05, 3.63) is 101 Å². The van der Waals surface area contributed by atoms with E-state index in [1.54, 1.807) is 36.4 Å². The van der Waals surface area contributed by atoms with Crippen LogP contribution in [0.1, 0.15) is 11.3 Å². The zero-order valence-corrected chi connectivity index (χ0v) is 19.4. The molecule has 170 valence electrons. The summed E-state index contributed by atoms with van der Waals surface area (Å²) < 4.78 is 16.9. The van der Waals surface area contributed by atoms with E-state index in [2.05, 4.69) is 26.5 Å². The van der Waals surface area contributed by atoms with Gasteiger partial charge < -0.3 is 13.9 Å². The SMILES string of the molecule is O=C(COc1cccc2ccccc12)N/N=C/c1cc(Br)ccc1OC(=O)/C=C\c1ccco1. The smallest absolute Gasteiger partial charge is 0.336 e. The third-order valence-electron chi connectivity index (χ3n) is 4.61. The number of carbonyl (C=O) groups excluding carboxylic acids is 2. The molecule has 0 fully saturated rings. The molecule has 0 atom stereocenters. The summed E-state index contributed by atoms with van der Waals surface area (Å²) in [5.74, 6) is 0.409. The van der Waals surface area contributed by atoms with Gasteiger partial charge in [-0.3, -0.25) is 4.79 Å².